The fourth-order valence-corrected chi connectivity index (χ4v) is 1.79. The third kappa shape index (κ3) is 3.53. The average molecular weight is 300 g/mol. The van der Waals surface area contributed by atoms with Crippen LogP contribution in [0.25, 0.3) is 0 Å². The Kier molecular flexibility index (Phi) is 4.65. The Morgan fingerprint density at radius 2 is 1.81 bits per heavy atom. The molecule has 0 N–H and O–H groups in total. The molecule has 0 saturated heterocycles. The van der Waals surface area contributed by atoms with Gasteiger partial charge in [0.1, 0.15) is 5.82 Å². The summed E-state index contributed by atoms with van der Waals surface area (Å²) in [5, 5.41) is 10.5. The van der Waals surface area contributed by atoms with Crippen molar-refractivity contribution in [3.05, 3.63) is 39.4 Å². The third-order valence-electron chi connectivity index (χ3n) is 3.62. The van der Waals surface area contributed by atoms with Crippen molar-refractivity contribution in [2.24, 2.45) is 5.41 Å². The van der Waals surface area contributed by atoms with Gasteiger partial charge in [0.25, 0.3) is 5.91 Å². The van der Waals surface area contributed by atoms with Crippen LogP contribution < -0.4 is 0 Å². The zero-order chi connectivity index (χ0) is 16.5. The van der Waals surface area contributed by atoms with Crippen LogP contribution in [0.1, 0.15) is 38.1 Å². The highest BCUT2D eigenvalue weighted by molar-refractivity contribution is 5.94. The summed E-state index contributed by atoms with van der Waals surface area (Å²) in [6.45, 7) is 7.52. The van der Waals surface area contributed by atoms with Crippen molar-refractivity contribution in [2.75, 3.05) is 7.05 Å². The Morgan fingerprint density at radius 3 is 2.24 bits per heavy atom. The van der Waals surface area contributed by atoms with Crippen LogP contribution in [-0.4, -0.2) is 28.8 Å². The van der Waals surface area contributed by atoms with Crippen LogP contribution in [0.4, 0.5) is 14.5 Å². The molecule has 1 aromatic carbocycles. The Labute approximate surface area is 121 Å². The molecule has 0 aliphatic heterocycles. The zero-order valence-electron chi connectivity index (χ0n) is 12.6. The normalized spacial score (nSPS) is 12.9. The van der Waals surface area contributed by atoms with Gasteiger partial charge in [0.15, 0.2) is 0 Å². The fraction of sp³-hybridized carbons (Fsp3) is 0.500. The standard InChI is InChI=1S/C14H18F2N2O3/c1-8(14(2,3)4)17(5)13(19)9-6-11(16)12(18(20)21)7-10(9)15/h6-8H,1-5H3. The van der Waals surface area contributed by atoms with E-state index >= 15 is 0 Å². The molecular formula is C14H18F2N2O3. The SMILES string of the molecule is CC(N(C)C(=O)c1cc(F)c([N+](=O)[O-])cc1F)C(C)(C)C. The molecule has 5 nitrogen and oxygen atoms in total. The molecule has 21 heavy (non-hydrogen) atoms. The van der Waals surface area contributed by atoms with Crippen molar-refractivity contribution >= 4 is 11.6 Å². The van der Waals surface area contributed by atoms with Crippen LogP contribution >= 0.6 is 0 Å². The first-order chi connectivity index (χ1) is 9.46. The largest absolute Gasteiger partial charge is 0.338 e. The molecule has 116 valence electrons. The van der Waals surface area contributed by atoms with Gasteiger partial charge in [-0.25, -0.2) is 4.39 Å². The molecule has 1 rings (SSSR count). The van der Waals surface area contributed by atoms with E-state index in [1.165, 1.54) is 11.9 Å². The first kappa shape index (κ1) is 17.0. The summed E-state index contributed by atoms with van der Waals surface area (Å²) in [7, 11) is 1.48. The van der Waals surface area contributed by atoms with Crippen LogP contribution in [-0.2, 0) is 0 Å². The number of rotatable bonds is 3. The average Bonchev–Trinajstić information content (AvgIpc) is 2.36. The van der Waals surface area contributed by atoms with Crippen molar-refractivity contribution in [3.63, 3.8) is 0 Å². The van der Waals surface area contributed by atoms with E-state index in [9.17, 15) is 23.7 Å². The van der Waals surface area contributed by atoms with Crippen molar-refractivity contribution in [2.45, 2.75) is 33.7 Å². The van der Waals surface area contributed by atoms with Crippen molar-refractivity contribution < 1.29 is 18.5 Å². The predicted molar refractivity (Wildman–Crippen MR) is 74.0 cm³/mol. The molecule has 0 aliphatic rings. The van der Waals surface area contributed by atoms with E-state index in [0.29, 0.717) is 12.1 Å². The molecule has 1 unspecified atom stereocenters. The highest BCUT2D eigenvalue weighted by atomic mass is 19.1. The number of nitro groups is 1. The molecule has 0 aromatic heterocycles. The Hall–Kier alpha value is -2.05. The monoisotopic (exact) mass is 300 g/mol. The summed E-state index contributed by atoms with van der Waals surface area (Å²) < 4.78 is 27.4. The second-order valence-electron chi connectivity index (χ2n) is 6.00. The highest BCUT2D eigenvalue weighted by Gasteiger charge is 2.30. The molecule has 0 bridgehead atoms. The van der Waals surface area contributed by atoms with Crippen LogP contribution in [0, 0.1) is 27.2 Å². The summed E-state index contributed by atoms with van der Waals surface area (Å²) in [6, 6.07) is 0.766. The molecule has 1 aromatic rings. The lowest BCUT2D eigenvalue weighted by Gasteiger charge is -2.35. The number of carbonyl (C=O) groups is 1. The van der Waals surface area contributed by atoms with Crippen molar-refractivity contribution in [3.8, 4) is 0 Å². The number of nitro benzene ring substituents is 1. The Bertz CT molecular complexity index is 582. The summed E-state index contributed by atoms with van der Waals surface area (Å²) in [4.78, 5) is 23.0. The van der Waals surface area contributed by atoms with Crippen molar-refractivity contribution in [1.82, 2.24) is 4.90 Å². The number of halogens is 2. The minimum Gasteiger partial charge on any atom is -0.338 e. The zero-order valence-corrected chi connectivity index (χ0v) is 12.6. The van der Waals surface area contributed by atoms with Gasteiger partial charge in [0.05, 0.1) is 16.6 Å². The van der Waals surface area contributed by atoms with E-state index in [0.717, 1.165) is 0 Å². The lowest BCUT2D eigenvalue weighted by molar-refractivity contribution is -0.387. The summed E-state index contributed by atoms with van der Waals surface area (Å²) in [5.41, 5.74) is -1.76. The number of nitrogens with zero attached hydrogens (tertiary/aromatic N) is 2. The molecule has 0 saturated carbocycles. The first-order valence-electron chi connectivity index (χ1n) is 6.37. The van der Waals surface area contributed by atoms with Crippen LogP contribution in [0.5, 0.6) is 0 Å². The Morgan fingerprint density at radius 1 is 1.29 bits per heavy atom. The summed E-state index contributed by atoms with van der Waals surface area (Å²) in [5.74, 6) is -3.06. The maximum Gasteiger partial charge on any atom is 0.307 e. The number of hydrogen-bond donors (Lipinski definition) is 0. The third-order valence-corrected chi connectivity index (χ3v) is 3.62. The molecule has 0 radical (unpaired) electrons. The van der Waals surface area contributed by atoms with E-state index in [1.54, 1.807) is 6.92 Å². The lowest BCUT2D eigenvalue weighted by atomic mass is 9.87. The van der Waals surface area contributed by atoms with E-state index in [4.69, 9.17) is 0 Å². The fourth-order valence-electron chi connectivity index (χ4n) is 1.79. The van der Waals surface area contributed by atoms with E-state index in [1.807, 2.05) is 20.8 Å². The van der Waals surface area contributed by atoms with Crippen LogP contribution in [0.2, 0.25) is 0 Å². The van der Waals surface area contributed by atoms with Gasteiger partial charge in [-0.2, -0.15) is 4.39 Å². The van der Waals surface area contributed by atoms with E-state index in [-0.39, 0.29) is 11.5 Å². The Balaban J connectivity index is 3.20. The van der Waals surface area contributed by atoms with Gasteiger partial charge in [-0.15, -0.1) is 0 Å². The molecular weight excluding hydrogens is 282 g/mol. The second kappa shape index (κ2) is 5.75. The van der Waals surface area contributed by atoms with Crippen molar-refractivity contribution in [1.29, 1.82) is 0 Å². The smallest absolute Gasteiger partial charge is 0.307 e. The quantitative estimate of drug-likeness (QED) is 0.635. The van der Waals surface area contributed by atoms with Gasteiger partial charge >= 0.3 is 5.69 Å². The molecule has 1 amide bonds. The van der Waals surface area contributed by atoms with Crippen LogP contribution in [0.15, 0.2) is 12.1 Å². The van der Waals surface area contributed by atoms with E-state index in [2.05, 4.69) is 0 Å². The maximum absolute atomic E-state index is 13.8. The lowest BCUT2D eigenvalue weighted by Crippen LogP contribution is -2.43. The molecule has 1 atom stereocenters. The molecule has 0 aliphatic carbocycles. The number of hydrogen-bond acceptors (Lipinski definition) is 3. The second-order valence-corrected chi connectivity index (χ2v) is 6.00. The molecule has 0 fully saturated rings. The van der Waals surface area contributed by atoms with Gasteiger partial charge < -0.3 is 4.90 Å². The van der Waals surface area contributed by atoms with Gasteiger partial charge in [0.2, 0.25) is 5.82 Å². The number of carbonyl (C=O) groups excluding carboxylic acids is 1. The van der Waals surface area contributed by atoms with Gasteiger partial charge in [0, 0.05) is 13.1 Å². The minimum absolute atomic E-state index is 0.234. The van der Waals surface area contributed by atoms with Gasteiger partial charge in [-0.3, -0.25) is 14.9 Å². The first-order valence-corrected chi connectivity index (χ1v) is 6.37. The minimum atomic E-state index is -1.23. The summed E-state index contributed by atoms with van der Waals surface area (Å²) >= 11 is 0. The maximum atomic E-state index is 13.8. The predicted octanol–water partition coefficient (Wildman–Crippen LogP) is 3.38. The van der Waals surface area contributed by atoms with E-state index < -0.39 is 33.7 Å². The number of amides is 1. The van der Waals surface area contributed by atoms with Gasteiger partial charge in [-0.05, 0) is 18.4 Å². The highest BCUT2D eigenvalue weighted by Crippen LogP contribution is 2.26. The van der Waals surface area contributed by atoms with Crippen LogP contribution in [0.3, 0.4) is 0 Å². The topological polar surface area (TPSA) is 63.5 Å². The summed E-state index contributed by atoms with van der Waals surface area (Å²) in [6.07, 6.45) is 0. The molecule has 0 spiro atoms. The molecule has 0 heterocycles. The number of benzene rings is 1. The van der Waals surface area contributed by atoms with Gasteiger partial charge in [-0.1, -0.05) is 20.8 Å². The molecule has 7 heteroatoms.